The van der Waals surface area contributed by atoms with Crippen LogP contribution in [0.4, 0.5) is 11.4 Å². The van der Waals surface area contributed by atoms with Gasteiger partial charge >= 0.3 is 11.9 Å². The molecule has 3 aromatic rings. The zero-order chi connectivity index (χ0) is 23.4. The van der Waals surface area contributed by atoms with Gasteiger partial charge in [0.25, 0.3) is 5.78 Å². The van der Waals surface area contributed by atoms with Crippen molar-refractivity contribution in [3.8, 4) is 0 Å². The Morgan fingerprint density at radius 2 is 1.42 bits per heavy atom. The van der Waals surface area contributed by atoms with Crippen LogP contribution in [0.3, 0.4) is 0 Å². The molecule has 166 valence electrons. The number of anilines is 2. The Morgan fingerprint density at radius 3 is 2.00 bits per heavy atom. The summed E-state index contributed by atoms with van der Waals surface area (Å²) in [6.45, 7) is 0. The number of amides is 1. The van der Waals surface area contributed by atoms with Crippen molar-refractivity contribution < 1.29 is 24.2 Å². The summed E-state index contributed by atoms with van der Waals surface area (Å²) in [5.41, 5.74) is 4.13. The number of nitrogens with zero attached hydrogens (tertiary/aromatic N) is 1. The number of carbonyl (C=O) groups excluding carboxylic acids is 3. The van der Waals surface area contributed by atoms with Gasteiger partial charge in [-0.25, -0.2) is 4.79 Å². The van der Waals surface area contributed by atoms with Crippen LogP contribution < -0.4 is 15.8 Å². The first-order valence-electron chi connectivity index (χ1n) is 10.1. The number of nitrogens with one attached hydrogen (secondary N) is 2. The van der Waals surface area contributed by atoms with E-state index in [-0.39, 0.29) is 11.3 Å². The summed E-state index contributed by atoms with van der Waals surface area (Å²) in [7, 11) is 1.14. The Morgan fingerprint density at radius 1 is 0.879 bits per heavy atom. The maximum absolute atomic E-state index is 13.4. The molecular weight excluding hydrogens is 422 g/mol. The van der Waals surface area contributed by atoms with Gasteiger partial charge in [-0.05, 0) is 24.3 Å². The number of aliphatic hydroxyl groups excluding tert-OH is 1. The number of hydrogen-bond acceptors (Lipinski definition) is 7. The molecule has 1 aliphatic heterocycles. The lowest BCUT2D eigenvalue weighted by Gasteiger charge is -2.36. The Labute approximate surface area is 190 Å². The van der Waals surface area contributed by atoms with Crippen LogP contribution in [0.15, 0.2) is 96.6 Å². The molecule has 8 nitrogen and oxygen atoms in total. The van der Waals surface area contributed by atoms with Gasteiger partial charge in [0.05, 0.1) is 7.11 Å². The molecule has 1 unspecified atom stereocenters. The maximum Gasteiger partial charge on any atom is 0.354 e. The van der Waals surface area contributed by atoms with Crippen LogP contribution in [0.1, 0.15) is 5.56 Å². The van der Waals surface area contributed by atoms with E-state index in [0.29, 0.717) is 5.69 Å². The molecule has 1 fully saturated rings. The highest BCUT2D eigenvalue weighted by Gasteiger charge is 2.63. The van der Waals surface area contributed by atoms with Gasteiger partial charge in [-0.1, -0.05) is 66.7 Å². The summed E-state index contributed by atoms with van der Waals surface area (Å²) in [5, 5.41) is 11.2. The lowest BCUT2D eigenvalue weighted by molar-refractivity contribution is -0.147. The minimum absolute atomic E-state index is 0.262. The monoisotopic (exact) mass is 443 g/mol. The molecule has 0 aromatic heterocycles. The van der Waals surface area contributed by atoms with Crippen molar-refractivity contribution in [1.29, 1.82) is 0 Å². The SMILES string of the molecule is COC(=O)C1(NNc2ccccc2)/C(=C(\O)c2ccccc2)C(=O)C(=O)N1c1ccccc1. The first kappa shape index (κ1) is 21.8. The fraction of sp³-hybridized carbons (Fsp3) is 0.0800. The van der Waals surface area contributed by atoms with Crippen molar-refractivity contribution in [1.82, 2.24) is 5.43 Å². The Balaban J connectivity index is 1.98. The lowest BCUT2D eigenvalue weighted by atomic mass is 9.95. The number of aliphatic hydroxyl groups is 1. The predicted molar refractivity (Wildman–Crippen MR) is 123 cm³/mol. The average molecular weight is 443 g/mol. The average Bonchev–Trinajstić information content (AvgIpc) is 3.10. The van der Waals surface area contributed by atoms with Crippen LogP contribution in [0.25, 0.3) is 5.76 Å². The van der Waals surface area contributed by atoms with Gasteiger partial charge in [-0.3, -0.25) is 14.5 Å². The third-order valence-electron chi connectivity index (χ3n) is 5.26. The van der Waals surface area contributed by atoms with Crippen molar-refractivity contribution in [2.75, 3.05) is 17.4 Å². The summed E-state index contributed by atoms with van der Waals surface area (Å²) in [5.74, 6) is -3.51. The van der Waals surface area contributed by atoms with Crippen molar-refractivity contribution in [3.05, 3.63) is 102 Å². The zero-order valence-electron chi connectivity index (χ0n) is 17.7. The van der Waals surface area contributed by atoms with Crippen LogP contribution >= 0.6 is 0 Å². The highest BCUT2D eigenvalue weighted by atomic mass is 16.5. The molecule has 0 bridgehead atoms. The van der Waals surface area contributed by atoms with Gasteiger partial charge in [0.1, 0.15) is 11.3 Å². The Hall–Kier alpha value is -4.43. The summed E-state index contributed by atoms with van der Waals surface area (Å²) in [6.07, 6.45) is 0. The molecule has 0 spiro atoms. The second-order valence-electron chi connectivity index (χ2n) is 7.21. The van der Waals surface area contributed by atoms with Gasteiger partial charge in [0.15, 0.2) is 0 Å². The molecule has 33 heavy (non-hydrogen) atoms. The third kappa shape index (κ3) is 3.72. The Kier molecular flexibility index (Phi) is 5.93. The smallest absolute Gasteiger partial charge is 0.354 e. The van der Waals surface area contributed by atoms with Crippen molar-refractivity contribution in [3.63, 3.8) is 0 Å². The van der Waals surface area contributed by atoms with Crippen LogP contribution in [0.5, 0.6) is 0 Å². The number of ether oxygens (including phenoxy) is 1. The molecule has 3 aromatic carbocycles. The van der Waals surface area contributed by atoms with E-state index in [9.17, 15) is 19.5 Å². The summed E-state index contributed by atoms with van der Waals surface area (Å²) >= 11 is 0. The number of hydrogen-bond donors (Lipinski definition) is 3. The standard InChI is InChI=1S/C25H21N3O5/c1-33-24(32)25(27-26-18-13-7-3-8-14-18)20(21(29)17-11-5-2-6-12-17)22(30)23(31)28(25)19-15-9-4-10-16-19/h2-16,26-27,29H,1H3/b21-20-. The normalized spacial score (nSPS) is 19.4. The summed E-state index contributed by atoms with van der Waals surface area (Å²) in [4.78, 5) is 40.9. The van der Waals surface area contributed by atoms with Crippen LogP contribution in [-0.4, -0.2) is 35.5 Å². The minimum atomic E-state index is -2.19. The van der Waals surface area contributed by atoms with E-state index in [1.165, 1.54) is 0 Å². The molecule has 1 saturated heterocycles. The second-order valence-corrected chi connectivity index (χ2v) is 7.21. The van der Waals surface area contributed by atoms with E-state index >= 15 is 0 Å². The van der Waals surface area contributed by atoms with Gasteiger partial charge in [-0.15, -0.1) is 0 Å². The number of rotatable bonds is 6. The van der Waals surface area contributed by atoms with Crippen LogP contribution in [-0.2, 0) is 19.1 Å². The summed E-state index contributed by atoms with van der Waals surface area (Å²) in [6, 6.07) is 25.2. The third-order valence-corrected chi connectivity index (χ3v) is 5.26. The highest BCUT2D eigenvalue weighted by Crippen LogP contribution is 2.40. The maximum atomic E-state index is 13.4. The zero-order valence-corrected chi connectivity index (χ0v) is 17.7. The van der Waals surface area contributed by atoms with E-state index in [1.807, 2.05) is 6.07 Å². The minimum Gasteiger partial charge on any atom is -0.507 e. The van der Waals surface area contributed by atoms with Gasteiger partial charge in [-0.2, -0.15) is 5.43 Å². The van der Waals surface area contributed by atoms with E-state index in [4.69, 9.17) is 4.74 Å². The largest absolute Gasteiger partial charge is 0.507 e. The van der Waals surface area contributed by atoms with E-state index in [0.717, 1.165) is 12.0 Å². The first-order chi connectivity index (χ1) is 16.0. The fourth-order valence-electron chi connectivity index (χ4n) is 3.74. The second kappa shape index (κ2) is 8.97. The van der Waals surface area contributed by atoms with Crippen molar-refractivity contribution in [2.45, 2.75) is 5.66 Å². The summed E-state index contributed by atoms with van der Waals surface area (Å²) < 4.78 is 5.06. The molecule has 1 amide bonds. The number of para-hydroxylation sites is 2. The number of esters is 1. The molecule has 1 atom stereocenters. The number of benzene rings is 3. The molecule has 4 rings (SSSR count). The molecular formula is C25H21N3O5. The number of carbonyl (C=O) groups is 3. The lowest BCUT2D eigenvalue weighted by Crippen LogP contribution is -2.65. The first-order valence-corrected chi connectivity index (χ1v) is 10.1. The number of Topliss-reactive ketones (excluding diaryl/α,β-unsaturated/α-hetero) is 1. The van der Waals surface area contributed by atoms with E-state index < -0.39 is 34.7 Å². The topological polar surface area (TPSA) is 108 Å². The van der Waals surface area contributed by atoms with Gasteiger partial charge in [0.2, 0.25) is 5.66 Å². The van der Waals surface area contributed by atoms with E-state index in [2.05, 4.69) is 10.9 Å². The van der Waals surface area contributed by atoms with Gasteiger partial charge < -0.3 is 15.3 Å². The molecule has 0 saturated carbocycles. The molecule has 0 radical (unpaired) electrons. The number of hydrazine groups is 1. The number of ketones is 1. The highest BCUT2D eigenvalue weighted by molar-refractivity contribution is 6.54. The Bertz CT molecular complexity index is 1210. The molecule has 0 aliphatic carbocycles. The molecule has 8 heteroatoms. The van der Waals surface area contributed by atoms with Crippen molar-refractivity contribution >= 4 is 34.8 Å². The van der Waals surface area contributed by atoms with Crippen LogP contribution in [0.2, 0.25) is 0 Å². The van der Waals surface area contributed by atoms with E-state index in [1.54, 1.807) is 84.9 Å². The quantitative estimate of drug-likeness (QED) is 0.177. The molecule has 1 heterocycles. The molecule has 1 aliphatic rings. The molecule has 3 N–H and O–H groups in total. The fourth-order valence-corrected chi connectivity index (χ4v) is 3.74. The van der Waals surface area contributed by atoms with Crippen LogP contribution in [0, 0.1) is 0 Å². The van der Waals surface area contributed by atoms with Gasteiger partial charge in [0, 0.05) is 16.9 Å². The predicted octanol–water partition coefficient (Wildman–Crippen LogP) is 3.06. The van der Waals surface area contributed by atoms with Crippen molar-refractivity contribution in [2.24, 2.45) is 0 Å². The number of methoxy groups -OCH3 is 1.